The summed E-state index contributed by atoms with van der Waals surface area (Å²) in [6.45, 7) is 0. The molecule has 0 aromatic heterocycles. The number of carbonyl (C=O) groups is 2. The summed E-state index contributed by atoms with van der Waals surface area (Å²) in [6, 6.07) is 1.98. The van der Waals surface area contributed by atoms with Gasteiger partial charge in [0.2, 0.25) is 5.91 Å². The lowest BCUT2D eigenvalue weighted by atomic mass is 10.1. The molecule has 6 heteroatoms. The van der Waals surface area contributed by atoms with E-state index in [0.717, 1.165) is 18.2 Å². The van der Waals surface area contributed by atoms with Crippen molar-refractivity contribution in [3.63, 3.8) is 0 Å². The van der Waals surface area contributed by atoms with Gasteiger partial charge in [-0.05, 0) is 18.2 Å². The molecule has 0 spiro atoms. The Kier molecular flexibility index (Phi) is 4.40. The van der Waals surface area contributed by atoms with E-state index >= 15 is 0 Å². The SMILES string of the molecule is C#CCC(N)C(=O)Nc1cc(F)ccc1C(=O)O. The summed E-state index contributed by atoms with van der Waals surface area (Å²) in [5, 5.41) is 11.1. The molecule has 1 aromatic carbocycles. The summed E-state index contributed by atoms with van der Waals surface area (Å²) in [4.78, 5) is 22.4. The standard InChI is InChI=1S/C12H11FN2O3/c1-2-3-9(14)11(16)15-10-6-7(13)4-5-8(10)12(17)18/h1,4-6,9H,3,14H2,(H,15,16)(H,17,18). The van der Waals surface area contributed by atoms with Crippen molar-refractivity contribution in [2.75, 3.05) is 5.32 Å². The number of anilines is 1. The number of nitrogens with two attached hydrogens (primary N) is 1. The van der Waals surface area contributed by atoms with Crippen LogP contribution in [0.3, 0.4) is 0 Å². The highest BCUT2D eigenvalue weighted by Crippen LogP contribution is 2.17. The molecule has 0 saturated carbocycles. The van der Waals surface area contributed by atoms with Gasteiger partial charge in [-0.3, -0.25) is 4.79 Å². The summed E-state index contributed by atoms with van der Waals surface area (Å²) in [5.74, 6) is -0.407. The van der Waals surface area contributed by atoms with Crippen molar-refractivity contribution in [3.8, 4) is 12.3 Å². The maximum absolute atomic E-state index is 13.0. The van der Waals surface area contributed by atoms with E-state index in [-0.39, 0.29) is 17.7 Å². The van der Waals surface area contributed by atoms with Gasteiger partial charge in [0, 0.05) is 6.42 Å². The molecule has 0 fully saturated rings. The van der Waals surface area contributed by atoms with E-state index in [9.17, 15) is 14.0 Å². The molecule has 0 aliphatic heterocycles. The van der Waals surface area contributed by atoms with Crippen LogP contribution in [-0.2, 0) is 4.79 Å². The second kappa shape index (κ2) is 5.80. The molecular formula is C12H11FN2O3. The van der Waals surface area contributed by atoms with Crippen LogP contribution >= 0.6 is 0 Å². The Morgan fingerprint density at radius 1 is 1.56 bits per heavy atom. The zero-order valence-electron chi connectivity index (χ0n) is 9.31. The molecule has 0 bridgehead atoms. The molecule has 1 rings (SSSR count). The number of carbonyl (C=O) groups excluding carboxylic acids is 1. The number of carboxylic acid groups (broad SMARTS) is 1. The Hall–Kier alpha value is -2.39. The number of nitrogens with one attached hydrogen (secondary N) is 1. The average molecular weight is 250 g/mol. The summed E-state index contributed by atoms with van der Waals surface area (Å²) >= 11 is 0. The highest BCUT2D eigenvalue weighted by molar-refractivity contribution is 6.02. The molecule has 1 aromatic rings. The Balaban J connectivity index is 2.96. The first-order chi connectivity index (χ1) is 8.45. The van der Waals surface area contributed by atoms with Gasteiger partial charge in [0.15, 0.2) is 0 Å². The highest BCUT2D eigenvalue weighted by Gasteiger charge is 2.17. The van der Waals surface area contributed by atoms with Crippen LogP contribution in [0.1, 0.15) is 16.8 Å². The molecular weight excluding hydrogens is 239 g/mol. The zero-order chi connectivity index (χ0) is 13.7. The number of hydrogen-bond acceptors (Lipinski definition) is 3. The molecule has 0 heterocycles. The van der Waals surface area contributed by atoms with Crippen molar-refractivity contribution in [3.05, 3.63) is 29.6 Å². The predicted molar refractivity (Wildman–Crippen MR) is 63.4 cm³/mol. The maximum atomic E-state index is 13.0. The normalized spacial score (nSPS) is 11.4. The van der Waals surface area contributed by atoms with Crippen LogP contribution in [0.25, 0.3) is 0 Å². The van der Waals surface area contributed by atoms with Crippen LogP contribution in [0.15, 0.2) is 18.2 Å². The number of carboxylic acids is 1. The summed E-state index contributed by atoms with van der Waals surface area (Å²) < 4.78 is 13.0. The minimum Gasteiger partial charge on any atom is -0.478 e. The lowest BCUT2D eigenvalue weighted by Gasteiger charge is -2.11. The van der Waals surface area contributed by atoms with Crippen LogP contribution in [-0.4, -0.2) is 23.0 Å². The van der Waals surface area contributed by atoms with Gasteiger partial charge >= 0.3 is 5.97 Å². The van der Waals surface area contributed by atoms with Gasteiger partial charge in [0.1, 0.15) is 5.82 Å². The van der Waals surface area contributed by atoms with E-state index in [1.54, 1.807) is 0 Å². The third-order valence-corrected chi connectivity index (χ3v) is 2.14. The van der Waals surface area contributed by atoms with Crippen LogP contribution in [0.2, 0.25) is 0 Å². The lowest BCUT2D eigenvalue weighted by Crippen LogP contribution is -2.35. The number of halogens is 1. The molecule has 1 unspecified atom stereocenters. The Morgan fingerprint density at radius 2 is 2.22 bits per heavy atom. The zero-order valence-corrected chi connectivity index (χ0v) is 9.31. The summed E-state index contributed by atoms with van der Waals surface area (Å²) in [5.41, 5.74) is 5.07. The highest BCUT2D eigenvalue weighted by atomic mass is 19.1. The topological polar surface area (TPSA) is 92.4 Å². The minimum absolute atomic E-state index is 0.00353. The maximum Gasteiger partial charge on any atom is 0.337 e. The van der Waals surface area contributed by atoms with E-state index in [1.165, 1.54) is 0 Å². The van der Waals surface area contributed by atoms with Crippen molar-refractivity contribution in [2.45, 2.75) is 12.5 Å². The molecule has 0 aliphatic rings. The van der Waals surface area contributed by atoms with Gasteiger partial charge in [-0.25, -0.2) is 9.18 Å². The van der Waals surface area contributed by atoms with Crippen LogP contribution in [0, 0.1) is 18.2 Å². The fraction of sp³-hybridized carbons (Fsp3) is 0.167. The molecule has 0 aliphatic carbocycles. The molecule has 0 radical (unpaired) electrons. The van der Waals surface area contributed by atoms with Crippen molar-refractivity contribution < 1.29 is 19.1 Å². The van der Waals surface area contributed by atoms with Gasteiger partial charge in [-0.15, -0.1) is 12.3 Å². The van der Waals surface area contributed by atoms with Gasteiger partial charge in [0.05, 0.1) is 17.3 Å². The second-order valence-electron chi connectivity index (χ2n) is 3.50. The fourth-order valence-corrected chi connectivity index (χ4v) is 1.25. The van der Waals surface area contributed by atoms with E-state index in [1.807, 2.05) is 0 Å². The predicted octanol–water partition coefficient (Wildman–Crippen LogP) is 0.813. The van der Waals surface area contributed by atoms with E-state index in [4.69, 9.17) is 17.3 Å². The van der Waals surface area contributed by atoms with Crippen LogP contribution in [0.4, 0.5) is 10.1 Å². The Morgan fingerprint density at radius 3 is 2.78 bits per heavy atom. The summed E-state index contributed by atoms with van der Waals surface area (Å²) in [6.07, 6.45) is 5.00. The molecule has 1 amide bonds. The van der Waals surface area contributed by atoms with Crippen molar-refractivity contribution in [2.24, 2.45) is 5.73 Å². The molecule has 1 atom stereocenters. The van der Waals surface area contributed by atoms with Crippen molar-refractivity contribution in [1.29, 1.82) is 0 Å². The number of amides is 1. The van der Waals surface area contributed by atoms with E-state index < -0.39 is 23.7 Å². The average Bonchev–Trinajstić information content (AvgIpc) is 2.28. The monoisotopic (exact) mass is 250 g/mol. The summed E-state index contributed by atoms with van der Waals surface area (Å²) in [7, 11) is 0. The van der Waals surface area contributed by atoms with Crippen molar-refractivity contribution >= 4 is 17.6 Å². The third-order valence-electron chi connectivity index (χ3n) is 2.14. The van der Waals surface area contributed by atoms with Gasteiger partial charge in [-0.1, -0.05) is 0 Å². The van der Waals surface area contributed by atoms with Gasteiger partial charge in [-0.2, -0.15) is 0 Å². The molecule has 18 heavy (non-hydrogen) atoms. The molecule has 0 saturated heterocycles. The molecule has 94 valence electrons. The molecule has 4 N–H and O–H groups in total. The first-order valence-corrected chi connectivity index (χ1v) is 4.98. The van der Waals surface area contributed by atoms with Crippen molar-refractivity contribution in [1.82, 2.24) is 0 Å². The van der Waals surface area contributed by atoms with E-state index in [0.29, 0.717) is 0 Å². The second-order valence-corrected chi connectivity index (χ2v) is 3.50. The van der Waals surface area contributed by atoms with Gasteiger partial charge < -0.3 is 16.2 Å². The first-order valence-electron chi connectivity index (χ1n) is 4.98. The number of hydrogen-bond donors (Lipinski definition) is 3. The first kappa shape index (κ1) is 13.7. The Bertz CT molecular complexity index is 523. The number of rotatable bonds is 4. The quantitative estimate of drug-likeness (QED) is 0.689. The van der Waals surface area contributed by atoms with Crippen LogP contribution in [0.5, 0.6) is 0 Å². The largest absolute Gasteiger partial charge is 0.478 e. The van der Waals surface area contributed by atoms with E-state index in [2.05, 4.69) is 11.2 Å². The smallest absolute Gasteiger partial charge is 0.337 e. The third kappa shape index (κ3) is 3.30. The number of benzene rings is 1. The number of terminal acetylenes is 1. The van der Waals surface area contributed by atoms with Gasteiger partial charge in [0.25, 0.3) is 0 Å². The molecule has 5 nitrogen and oxygen atoms in total. The number of aromatic carboxylic acids is 1. The Labute approximate surface area is 103 Å². The minimum atomic E-state index is -1.28. The van der Waals surface area contributed by atoms with Crippen LogP contribution < -0.4 is 11.1 Å². The lowest BCUT2D eigenvalue weighted by molar-refractivity contribution is -0.117. The fourth-order valence-electron chi connectivity index (χ4n) is 1.25.